The quantitative estimate of drug-likeness (QED) is 0.778. The zero-order valence-electron chi connectivity index (χ0n) is 10.5. The van der Waals surface area contributed by atoms with Gasteiger partial charge in [-0.05, 0) is 18.9 Å². The zero-order chi connectivity index (χ0) is 14.3. The van der Waals surface area contributed by atoms with Crippen LogP contribution in [0.2, 0.25) is 0 Å². The second-order valence-electron chi connectivity index (χ2n) is 4.74. The van der Waals surface area contributed by atoms with Crippen molar-refractivity contribution < 1.29 is 18.4 Å². The minimum Gasteiger partial charge on any atom is -0.301 e. The van der Waals surface area contributed by atoms with Crippen LogP contribution in [0.5, 0.6) is 0 Å². The van der Waals surface area contributed by atoms with Crippen molar-refractivity contribution in [3.8, 4) is 0 Å². The molecular weight excluding hydrogens is 264 g/mol. The summed E-state index contributed by atoms with van der Waals surface area (Å²) in [6, 6.07) is 3.18. The molecule has 20 heavy (non-hydrogen) atoms. The van der Waals surface area contributed by atoms with Gasteiger partial charge >= 0.3 is 0 Å². The zero-order valence-corrected chi connectivity index (χ0v) is 10.5. The monoisotopic (exact) mass is 275 g/mol. The van der Waals surface area contributed by atoms with E-state index in [0.29, 0.717) is 11.3 Å². The fraction of sp³-hybridized carbons (Fsp3) is 0.200. The molecule has 0 radical (unpaired) electrons. The second kappa shape index (κ2) is 4.67. The van der Waals surface area contributed by atoms with Gasteiger partial charge in [-0.1, -0.05) is 18.2 Å². The molecule has 1 saturated heterocycles. The van der Waals surface area contributed by atoms with Crippen LogP contribution in [0.3, 0.4) is 0 Å². The number of fused-ring (bicyclic) bond motifs is 1. The molecule has 2 aliphatic rings. The number of halogens is 2. The smallest absolute Gasteiger partial charge is 0.299 e. The molecule has 1 aliphatic heterocycles. The average Bonchev–Trinajstić information content (AvgIpc) is 2.67. The van der Waals surface area contributed by atoms with Crippen molar-refractivity contribution in [2.24, 2.45) is 0 Å². The Balaban J connectivity index is 1.94. The Morgan fingerprint density at radius 1 is 1.10 bits per heavy atom. The molecule has 0 atom stereocenters. The highest BCUT2D eigenvalue weighted by Gasteiger charge is 2.39. The maximum atomic E-state index is 13.7. The lowest BCUT2D eigenvalue weighted by Crippen LogP contribution is -2.26. The summed E-state index contributed by atoms with van der Waals surface area (Å²) in [5, 5.41) is 0. The number of hydrogen-bond donors (Lipinski definition) is 0. The first-order valence-electron chi connectivity index (χ1n) is 6.29. The van der Waals surface area contributed by atoms with E-state index in [1.54, 1.807) is 12.2 Å². The van der Waals surface area contributed by atoms with Gasteiger partial charge in [0.25, 0.3) is 11.7 Å². The fourth-order valence-corrected chi connectivity index (χ4v) is 2.45. The lowest BCUT2D eigenvalue weighted by Gasteiger charge is -2.19. The fourth-order valence-electron chi connectivity index (χ4n) is 2.45. The predicted molar refractivity (Wildman–Crippen MR) is 67.3 cm³/mol. The Labute approximate surface area is 114 Å². The summed E-state index contributed by atoms with van der Waals surface area (Å²) in [7, 11) is 0. The first kappa shape index (κ1) is 12.7. The summed E-state index contributed by atoms with van der Waals surface area (Å²) in [4.78, 5) is 25.0. The largest absolute Gasteiger partial charge is 0.301 e. The van der Waals surface area contributed by atoms with Crippen LogP contribution in [-0.2, 0) is 16.1 Å². The molecule has 0 spiro atoms. The van der Waals surface area contributed by atoms with E-state index in [2.05, 4.69) is 0 Å². The van der Waals surface area contributed by atoms with Gasteiger partial charge in [-0.2, -0.15) is 0 Å². The van der Waals surface area contributed by atoms with Crippen molar-refractivity contribution in [2.45, 2.75) is 19.4 Å². The van der Waals surface area contributed by atoms with Crippen molar-refractivity contribution in [2.75, 3.05) is 0 Å². The molecule has 5 heteroatoms. The van der Waals surface area contributed by atoms with E-state index < -0.39 is 23.3 Å². The topological polar surface area (TPSA) is 37.4 Å². The van der Waals surface area contributed by atoms with Crippen LogP contribution >= 0.6 is 0 Å². The highest BCUT2D eigenvalue weighted by molar-refractivity contribution is 6.47. The molecule has 3 nitrogen and oxygen atoms in total. The second-order valence-corrected chi connectivity index (χ2v) is 4.74. The minimum atomic E-state index is -0.723. The van der Waals surface area contributed by atoms with Gasteiger partial charge in [0.05, 0.1) is 12.2 Å². The van der Waals surface area contributed by atoms with Crippen LogP contribution in [0.25, 0.3) is 0 Å². The number of likely N-dealkylation sites (tertiary alicyclic amines) is 1. The van der Waals surface area contributed by atoms with Gasteiger partial charge in [0.15, 0.2) is 0 Å². The average molecular weight is 275 g/mol. The Morgan fingerprint density at radius 2 is 1.85 bits per heavy atom. The molecule has 1 heterocycles. The van der Waals surface area contributed by atoms with Crippen LogP contribution in [0, 0.1) is 11.6 Å². The van der Waals surface area contributed by atoms with E-state index >= 15 is 0 Å². The molecule has 1 aromatic rings. The summed E-state index contributed by atoms with van der Waals surface area (Å²) in [5.41, 5.74) is 1.11. The summed E-state index contributed by atoms with van der Waals surface area (Å²) >= 11 is 0. The van der Waals surface area contributed by atoms with Crippen molar-refractivity contribution in [3.05, 3.63) is 58.8 Å². The van der Waals surface area contributed by atoms with Crippen molar-refractivity contribution in [3.63, 3.8) is 0 Å². The molecule has 102 valence electrons. The third-order valence-corrected chi connectivity index (χ3v) is 3.45. The summed E-state index contributed by atoms with van der Waals surface area (Å²) in [5.74, 6) is -2.61. The highest BCUT2D eigenvalue weighted by Crippen LogP contribution is 2.31. The van der Waals surface area contributed by atoms with Crippen molar-refractivity contribution in [1.29, 1.82) is 0 Å². The Kier molecular flexibility index (Phi) is 2.97. The van der Waals surface area contributed by atoms with E-state index in [9.17, 15) is 18.4 Å². The van der Waals surface area contributed by atoms with Gasteiger partial charge in [0.1, 0.15) is 11.6 Å². The molecule has 0 N–H and O–H groups in total. The van der Waals surface area contributed by atoms with Crippen LogP contribution in [0.15, 0.2) is 41.6 Å². The van der Waals surface area contributed by atoms with Gasteiger partial charge in [-0.15, -0.1) is 0 Å². The molecule has 1 fully saturated rings. The number of nitrogens with zero attached hydrogens (tertiary/aromatic N) is 1. The molecule has 1 amide bonds. The maximum absolute atomic E-state index is 13.7. The van der Waals surface area contributed by atoms with Gasteiger partial charge in [0, 0.05) is 17.2 Å². The first-order valence-corrected chi connectivity index (χ1v) is 6.29. The predicted octanol–water partition coefficient (Wildman–Crippen LogP) is 2.48. The number of hydrogen-bond acceptors (Lipinski definition) is 2. The number of allylic oxidation sites excluding steroid dienone is 3. The van der Waals surface area contributed by atoms with Gasteiger partial charge in [-0.3, -0.25) is 9.59 Å². The number of ketones is 1. The lowest BCUT2D eigenvalue weighted by atomic mass is 10.0. The number of rotatable bonds is 2. The molecule has 1 aromatic carbocycles. The standard InChI is InChI=1S/C15H11F2NO2/c16-10-6-5-9(12(17)7-10)8-18-13-4-2-1-3-11(13)14(19)15(18)20/h3-7H,1-2,8H2. The molecule has 0 aromatic heterocycles. The summed E-state index contributed by atoms with van der Waals surface area (Å²) in [6.07, 6.45) is 4.99. The normalized spacial score (nSPS) is 18.0. The van der Waals surface area contributed by atoms with Gasteiger partial charge in [-0.25, -0.2) is 8.78 Å². The van der Waals surface area contributed by atoms with Crippen LogP contribution in [-0.4, -0.2) is 16.6 Å². The number of Topliss-reactive ketones (excluding diaryl/α,β-unsaturated/α-hetero) is 1. The number of amides is 1. The van der Waals surface area contributed by atoms with Crippen molar-refractivity contribution >= 4 is 11.7 Å². The number of benzene rings is 1. The highest BCUT2D eigenvalue weighted by atomic mass is 19.1. The van der Waals surface area contributed by atoms with Crippen LogP contribution in [0.4, 0.5) is 8.78 Å². The van der Waals surface area contributed by atoms with Crippen LogP contribution < -0.4 is 0 Å². The SMILES string of the molecule is O=C1C(=O)N(Cc2ccc(F)cc2F)C2=CCCC=C12. The van der Waals surface area contributed by atoms with E-state index in [1.807, 2.05) is 0 Å². The Hall–Kier alpha value is -2.30. The third-order valence-electron chi connectivity index (χ3n) is 3.45. The minimum absolute atomic E-state index is 0.0696. The molecule has 0 bridgehead atoms. The Bertz CT molecular complexity index is 676. The van der Waals surface area contributed by atoms with E-state index in [4.69, 9.17) is 0 Å². The number of carbonyl (C=O) groups excluding carboxylic acids is 2. The van der Waals surface area contributed by atoms with E-state index in [1.165, 1.54) is 11.0 Å². The van der Waals surface area contributed by atoms with Gasteiger partial charge < -0.3 is 4.90 Å². The van der Waals surface area contributed by atoms with E-state index in [0.717, 1.165) is 25.0 Å². The molecule has 0 saturated carbocycles. The first-order chi connectivity index (χ1) is 9.58. The lowest BCUT2D eigenvalue weighted by molar-refractivity contribution is -0.139. The third kappa shape index (κ3) is 1.95. The molecular formula is C15H11F2NO2. The van der Waals surface area contributed by atoms with Crippen LogP contribution in [0.1, 0.15) is 18.4 Å². The van der Waals surface area contributed by atoms with E-state index in [-0.39, 0.29) is 12.1 Å². The maximum Gasteiger partial charge on any atom is 0.299 e. The van der Waals surface area contributed by atoms with Crippen molar-refractivity contribution in [1.82, 2.24) is 4.90 Å². The summed E-state index contributed by atoms with van der Waals surface area (Å²) in [6.45, 7) is -0.0696. The Morgan fingerprint density at radius 3 is 2.60 bits per heavy atom. The molecule has 0 unspecified atom stereocenters. The number of carbonyl (C=O) groups is 2. The molecule has 1 aliphatic carbocycles. The summed E-state index contributed by atoms with van der Waals surface area (Å²) < 4.78 is 26.5. The van der Waals surface area contributed by atoms with Gasteiger partial charge in [0.2, 0.25) is 0 Å². The molecule has 3 rings (SSSR count).